The van der Waals surface area contributed by atoms with Gasteiger partial charge in [0.1, 0.15) is 6.04 Å². The van der Waals surface area contributed by atoms with Gasteiger partial charge in [0.25, 0.3) is 5.91 Å². The molecule has 0 saturated carbocycles. The molecule has 1 aliphatic rings. The molecule has 1 saturated heterocycles. The van der Waals surface area contributed by atoms with Crippen molar-refractivity contribution in [2.45, 2.75) is 25.8 Å². The van der Waals surface area contributed by atoms with Crippen LogP contribution in [0.2, 0.25) is 10.0 Å². The van der Waals surface area contributed by atoms with Gasteiger partial charge < -0.3 is 10.2 Å². The number of hydrogen-bond acceptors (Lipinski definition) is 2. The zero-order chi connectivity index (χ0) is 18.0. The molecule has 1 fully saturated rings. The predicted octanol–water partition coefficient (Wildman–Crippen LogP) is 4.55. The average molecular weight is 377 g/mol. The second-order valence-corrected chi connectivity index (χ2v) is 7.04. The van der Waals surface area contributed by atoms with Gasteiger partial charge in [0.05, 0.1) is 0 Å². The van der Waals surface area contributed by atoms with Crippen molar-refractivity contribution in [3.63, 3.8) is 0 Å². The fraction of sp³-hybridized carbons (Fsp3) is 0.263. The zero-order valence-corrected chi connectivity index (χ0v) is 15.3. The van der Waals surface area contributed by atoms with E-state index < -0.39 is 6.04 Å². The molecule has 6 heteroatoms. The van der Waals surface area contributed by atoms with E-state index in [-0.39, 0.29) is 11.8 Å². The molecule has 0 aliphatic carbocycles. The van der Waals surface area contributed by atoms with Gasteiger partial charge in [0.15, 0.2) is 0 Å². The average Bonchev–Trinajstić information content (AvgIpc) is 3.03. The summed E-state index contributed by atoms with van der Waals surface area (Å²) in [6.07, 6.45) is 1.43. The molecule has 1 aliphatic heterocycles. The number of nitrogens with one attached hydrogen (secondary N) is 1. The van der Waals surface area contributed by atoms with Crippen molar-refractivity contribution in [1.29, 1.82) is 0 Å². The molecule has 2 amide bonds. The second-order valence-electron chi connectivity index (χ2n) is 6.17. The highest BCUT2D eigenvalue weighted by Crippen LogP contribution is 2.25. The highest BCUT2D eigenvalue weighted by molar-refractivity contribution is 6.35. The maximum atomic E-state index is 12.7. The summed E-state index contributed by atoms with van der Waals surface area (Å²) < 4.78 is 0. The Morgan fingerprint density at radius 3 is 2.36 bits per heavy atom. The van der Waals surface area contributed by atoms with Crippen molar-refractivity contribution >= 4 is 40.7 Å². The number of carbonyl (C=O) groups is 2. The minimum absolute atomic E-state index is 0.123. The van der Waals surface area contributed by atoms with Gasteiger partial charge in [-0.3, -0.25) is 9.59 Å². The summed E-state index contributed by atoms with van der Waals surface area (Å²) in [6.45, 7) is 2.54. The number of rotatable bonds is 3. The normalized spacial score (nSPS) is 16.8. The van der Waals surface area contributed by atoms with Crippen LogP contribution in [0, 0.1) is 6.92 Å². The van der Waals surface area contributed by atoms with Gasteiger partial charge in [-0.15, -0.1) is 0 Å². The first-order valence-electron chi connectivity index (χ1n) is 8.08. The topological polar surface area (TPSA) is 49.4 Å². The number of likely N-dealkylation sites (tertiary alicyclic amines) is 1. The number of halogens is 2. The first kappa shape index (κ1) is 17.8. The van der Waals surface area contributed by atoms with Gasteiger partial charge >= 0.3 is 0 Å². The fourth-order valence-electron chi connectivity index (χ4n) is 3.00. The lowest BCUT2D eigenvalue weighted by Gasteiger charge is -2.24. The Morgan fingerprint density at radius 2 is 1.72 bits per heavy atom. The van der Waals surface area contributed by atoms with Crippen molar-refractivity contribution in [1.82, 2.24) is 4.90 Å². The maximum Gasteiger partial charge on any atom is 0.254 e. The Balaban J connectivity index is 1.75. The third-order valence-electron chi connectivity index (χ3n) is 4.24. The molecular formula is C19H18Cl2N2O2. The lowest BCUT2D eigenvalue weighted by Crippen LogP contribution is -2.43. The van der Waals surface area contributed by atoms with E-state index in [1.165, 1.54) is 0 Å². The molecule has 0 bridgehead atoms. The SMILES string of the molecule is Cc1ccc(C(=O)N2CCCC2C(=O)Nc2cc(Cl)cc(Cl)c2)cc1. The van der Waals surface area contributed by atoms with Crippen LogP contribution in [0.3, 0.4) is 0 Å². The minimum atomic E-state index is -0.494. The van der Waals surface area contributed by atoms with E-state index in [0.717, 1.165) is 12.0 Å². The van der Waals surface area contributed by atoms with E-state index in [0.29, 0.717) is 34.3 Å². The summed E-state index contributed by atoms with van der Waals surface area (Å²) >= 11 is 11.9. The number of aryl methyl sites for hydroxylation is 1. The van der Waals surface area contributed by atoms with E-state index in [4.69, 9.17) is 23.2 Å². The van der Waals surface area contributed by atoms with Crippen molar-refractivity contribution in [2.75, 3.05) is 11.9 Å². The van der Waals surface area contributed by atoms with Crippen molar-refractivity contribution in [2.24, 2.45) is 0 Å². The third-order valence-corrected chi connectivity index (χ3v) is 4.68. The standard InChI is InChI=1S/C19H18Cl2N2O2/c1-12-4-6-13(7-5-12)19(25)23-8-2-3-17(23)18(24)22-16-10-14(20)9-15(21)11-16/h4-7,9-11,17H,2-3,8H2,1H3,(H,22,24). The summed E-state index contributed by atoms with van der Waals surface area (Å²) in [5.74, 6) is -0.349. The van der Waals surface area contributed by atoms with Crippen molar-refractivity contribution < 1.29 is 9.59 Å². The van der Waals surface area contributed by atoms with E-state index in [1.54, 1.807) is 35.2 Å². The molecule has 1 N–H and O–H groups in total. The summed E-state index contributed by atoms with van der Waals surface area (Å²) in [5, 5.41) is 3.70. The highest BCUT2D eigenvalue weighted by Gasteiger charge is 2.34. The predicted molar refractivity (Wildman–Crippen MR) is 100 cm³/mol. The van der Waals surface area contributed by atoms with Gasteiger partial charge in [-0.05, 0) is 50.1 Å². The molecular weight excluding hydrogens is 359 g/mol. The number of benzene rings is 2. The summed E-state index contributed by atoms with van der Waals surface area (Å²) in [5.41, 5.74) is 2.21. The van der Waals surface area contributed by atoms with Crippen LogP contribution in [0.5, 0.6) is 0 Å². The zero-order valence-electron chi connectivity index (χ0n) is 13.8. The summed E-state index contributed by atoms with van der Waals surface area (Å²) in [6, 6.07) is 11.7. The third kappa shape index (κ3) is 4.14. The quantitative estimate of drug-likeness (QED) is 0.854. The Kier molecular flexibility index (Phi) is 5.30. The lowest BCUT2D eigenvalue weighted by molar-refractivity contribution is -0.119. The van der Waals surface area contributed by atoms with E-state index >= 15 is 0 Å². The molecule has 0 radical (unpaired) electrons. The Labute approximate surface area is 156 Å². The first-order valence-corrected chi connectivity index (χ1v) is 8.84. The number of carbonyl (C=O) groups excluding carboxylic acids is 2. The Morgan fingerprint density at radius 1 is 1.08 bits per heavy atom. The summed E-state index contributed by atoms with van der Waals surface area (Å²) in [7, 11) is 0. The van der Waals surface area contributed by atoms with Gasteiger partial charge in [-0.1, -0.05) is 40.9 Å². The minimum Gasteiger partial charge on any atom is -0.327 e. The van der Waals surface area contributed by atoms with Gasteiger partial charge in [-0.25, -0.2) is 0 Å². The molecule has 25 heavy (non-hydrogen) atoms. The van der Waals surface area contributed by atoms with Crippen LogP contribution in [0.1, 0.15) is 28.8 Å². The highest BCUT2D eigenvalue weighted by atomic mass is 35.5. The molecule has 4 nitrogen and oxygen atoms in total. The summed E-state index contributed by atoms with van der Waals surface area (Å²) in [4.78, 5) is 27.0. The van der Waals surface area contributed by atoms with E-state index in [1.807, 2.05) is 19.1 Å². The molecule has 1 heterocycles. The fourth-order valence-corrected chi connectivity index (χ4v) is 3.52. The van der Waals surface area contributed by atoms with Crippen LogP contribution in [-0.4, -0.2) is 29.3 Å². The van der Waals surface area contributed by atoms with Gasteiger partial charge in [-0.2, -0.15) is 0 Å². The van der Waals surface area contributed by atoms with Crippen LogP contribution in [0.15, 0.2) is 42.5 Å². The van der Waals surface area contributed by atoms with Crippen LogP contribution in [0.4, 0.5) is 5.69 Å². The number of anilines is 1. The van der Waals surface area contributed by atoms with Gasteiger partial charge in [0.2, 0.25) is 5.91 Å². The largest absolute Gasteiger partial charge is 0.327 e. The molecule has 1 atom stereocenters. The van der Waals surface area contributed by atoms with Crippen LogP contribution in [0.25, 0.3) is 0 Å². The molecule has 3 rings (SSSR count). The molecule has 1 unspecified atom stereocenters. The van der Waals surface area contributed by atoms with Crippen LogP contribution >= 0.6 is 23.2 Å². The molecule has 2 aromatic rings. The number of amides is 2. The molecule has 0 aromatic heterocycles. The molecule has 130 valence electrons. The van der Waals surface area contributed by atoms with E-state index in [9.17, 15) is 9.59 Å². The van der Waals surface area contributed by atoms with E-state index in [2.05, 4.69) is 5.32 Å². The second kappa shape index (κ2) is 7.46. The monoisotopic (exact) mass is 376 g/mol. The lowest BCUT2D eigenvalue weighted by atomic mass is 10.1. The Bertz CT molecular complexity index is 785. The maximum absolute atomic E-state index is 12.7. The molecule has 0 spiro atoms. The van der Waals surface area contributed by atoms with Crippen molar-refractivity contribution in [3.05, 3.63) is 63.6 Å². The van der Waals surface area contributed by atoms with Crippen LogP contribution in [-0.2, 0) is 4.79 Å². The van der Waals surface area contributed by atoms with Crippen molar-refractivity contribution in [3.8, 4) is 0 Å². The number of nitrogens with zero attached hydrogens (tertiary/aromatic N) is 1. The van der Waals surface area contributed by atoms with Gasteiger partial charge in [0, 0.05) is 27.8 Å². The first-order chi connectivity index (χ1) is 11.9. The molecule has 2 aromatic carbocycles. The smallest absolute Gasteiger partial charge is 0.254 e. The van der Waals surface area contributed by atoms with Crippen LogP contribution < -0.4 is 5.32 Å². The number of hydrogen-bond donors (Lipinski definition) is 1. The Hall–Kier alpha value is -2.04.